The Labute approximate surface area is 193 Å². The molecule has 0 unspecified atom stereocenters. The Morgan fingerprint density at radius 3 is 2.79 bits per heavy atom. The summed E-state index contributed by atoms with van der Waals surface area (Å²) in [6, 6.07) is 10.9. The van der Waals surface area contributed by atoms with Gasteiger partial charge in [-0.05, 0) is 29.8 Å². The first-order valence-electron chi connectivity index (χ1n) is 9.89. The van der Waals surface area contributed by atoms with Gasteiger partial charge < -0.3 is 10.1 Å². The number of hydrogen-bond acceptors (Lipinski definition) is 5. The zero-order chi connectivity index (χ0) is 23.5. The van der Waals surface area contributed by atoms with Gasteiger partial charge in [0, 0.05) is 31.1 Å². The summed E-state index contributed by atoms with van der Waals surface area (Å²) in [6.07, 6.45) is 4.69. The highest BCUT2D eigenvalue weighted by molar-refractivity contribution is 6.31. The number of rotatable bonds is 6. The average Bonchev–Trinajstić information content (AvgIpc) is 3.26. The molecule has 4 rings (SSSR count). The fourth-order valence-electron chi connectivity index (χ4n) is 3.48. The van der Waals surface area contributed by atoms with Crippen molar-refractivity contribution < 1.29 is 18.7 Å². The summed E-state index contributed by atoms with van der Waals surface area (Å²) in [5.41, 5.74) is 1.93. The fraction of sp³-hybridized carbons (Fsp3) is 0.130. The van der Waals surface area contributed by atoms with Gasteiger partial charge in [-0.15, -0.1) is 0 Å². The molecule has 0 spiro atoms. The zero-order valence-corrected chi connectivity index (χ0v) is 18.5. The van der Waals surface area contributed by atoms with Crippen LogP contribution < -0.4 is 15.0 Å². The van der Waals surface area contributed by atoms with Crippen LogP contribution >= 0.6 is 11.6 Å². The van der Waals surface area contributed by atoms with Crippen molar-refractivity contribution in [1.29, 1.82) is 0 Å². The smallest absolute Gasteiger partial charge is 0.229 e. The van der Waals surface area contributed by atoms with Crippen molar-refractivity contribution in [2.45, 2.75) is 13.3 Å². The van der Waals surface area contributed by atoms with Gasteiger partial charge in [0.05, 0.1) is 30.4 Å². The third kappa shape index (κ3) is 4.49. The molecule has 0 fully saturated rings. The second kappa shape index (κ2) is 9.25. The lowest BCUT2D eigenvalue weighted by Gasteiger charge is -2.23. The number of aromatic nitrogens is 3. The SMILES string of the molecule is COc1c(N(C(C)=O)c2cc(NC(=O)Cc3cccc(F)c3Cl)ccn2)ccn2nccc12. The van der Waals surface area contributed by atoms with E-state index >= 15 is 0 Å². The second-order valence-electron chi connectivity index (χ2n) is 7.09. The third-order valence-corrected chi connectivity index (χ3v) is 5.33. The minimum atomic E-state index is -0.589. The van der Waals surface area contributed by atoms with Crippen LogP contribution in [0, 0.1) is 5.82 Å². The molecule has 168 valence electrons. The van der Waals surface area contributed by atoms with Crippen LogP contribution in [0.2, 0.25) is 5.02 Å². The van der Waals surface area contributed by atoms with Crippen LogP contribution in [0.25, 0.3) is 5.52 Å². The van der Waals surface area contributed by atoms with E-state index < -0.39 is 11.7 Å². The van der Waals surface area contributed by atoms with Gasteiger partial charge in [0.15, 0.2) is 5.75 Å². The molecule has 0 aliphatic heterocycles. The van der Waals surface area contributed by atoms with Crippen molar-refractivity contribution in [3.8, 4) is 5.75 Å². The van der Waals surface area contributed by atoms with E-state index in [0.717, 1.165) is 0 Å². The first-order valence-corrected chi connectivity index (χ1v) is 10.3. The summed E-state index contributed by atoms with van der Waals surface area (Å²) >= 11 is 5.94. The largest absolute Gasteiger partial charge is 0.492 e. The predicted octanol–water partition coefficient (Wildman–Crippen LogP) is 4.40. The number of hydrogen-bond donors (Lipinski definition) is 1. The summed E-state index contributed by atoms with van der Waals surface area (Å²) < 4.78 is 20.8. The molecule has 33 heavy (non-hydrogen) atoms. The number of pyridine rings is 2. The fourth-order valence-corrected chi connectivity index (χ4v) is 3.67. The molecule has 0 bridgehead atoms. The number of halogens is 2. The lowest BCUT2D eigenvalue weighted by atomic mass is 10.1. The quantitative estimate of drug-likeness (QED) is 0.454. The monoisotopic (exact) mass is 467 g/mol. The van der Waals surface area contributed by atoms with Crippen LogP contribution in [-0.2, 0) is 16.0 Å². The molecule has 0 radical (unpaired) electrons. The second-order valence-corrected chi connectivity index (χ2v) is 7.47. The molecule has 0 atom stereocenters. The van der Waals surface area contributed by atoms with Gasteiger partial charge in [-0.25, -0.2) is 13.9 Å². The van der Waals surface area contributed by atoms with E-state index in [9.17, 15) is 14.0 Å². The Hall–Kier alpha value is -3.98. The molecule has 4 aromatic rings. The van der Waals surface area contributed by atoms with E-state index in [1.807, 2.05) is 0 Å². The van der Waals surface area contributed by atoms with Crippen LogP contribution in [0.3, 0.4) is 0 Å². The number of benzene rings is 1. The van der Waals surface area contributed by atoms with Gasteiger partial charge in [-0.1, -0.05) is 23.7 Å². The number of nitrogens with zero attached hydrogens (tertiary/aromatic N) is 4. The number of methoxy groups -OCH3 is 1. The molecule has 10 heteroatoms. The Kier molecular flexibility index (Phi) is 6.23. The summed E-state index contributed by atoms with van der Waals surface area (Å²) in [4.78, 5) is 30.8. The van der Waals surface area contributed by atoms with Crippen molar-refractivity contribution in [1.82, 2.24) is 14.6 Å². The van der Waals surface area contributed by atoms with Crippen molar-refractivity contribution in [3.63, 3.8) is 0 Å². The van der Waals surface area contributed by atoms with Crippen molar-refractivity contribution in [3.05, 3.63) is 77.5 Å². The Balaban J connectivity index is 1.63. The third-order valence-electron chi connectivity index (χ3n) is 4.91. The maximum atomic E-state index is 13.6. The van der Waals surface area contributed by atoms with Crippen LogP contribution in [0.1, 0.15) is 12.5 Å². The van der Waals surface area contributed by atoms with E-state index in [4.69, 9.17) is 16.3 Å². The summed E-state index contributed by atoms with van der Waals surface area (Å²) in [5, 5.41) is 6.82. The lowest BCUT2D eigenvalue weighted by Crippen LogP contribution is -2.25. The molecule has 0 aliphatic carbocycles. The highest BCUT2D eigenvalue weighted by Crippen LogP contribution is 2.36. The van der Waals surface area contributed by atoms with Gasteiger partial charge in [0.1, 0.15) is 17.2 Å². The summed E-state index contributed by atoms with van der Waals surface area (Å²) in [7, 11) is 1.51. The van der Waals surface area contributed by atoms with Crippen LogP contribution in [0.4, 0.5) is 21.6 Å². The van der Waals surface area contributed by atoms with Gasteiger partial charge in [0.25, 0.3) is 0 Å². The Morgan fingerprint density at radius 1 is 1.21 bits per heavy atom. The minimum absolute atomic E-state index is 0.0896. The number of carbonyl (C=O) groups excluding carboxylic acids is 2. The van der Waals surface area contributed by atoms with E-state index in [0.29, 0.717) is 28.2 Å². The number of ether oxygens (including phenoxy) is 1. The molecule has 1 aromatic carbocycles. The highest BCUT2D eigenvalue weighted by Gasteiger charge is 2.22. The molecule has 0 saturated heterocycles. The zero-order valence-electron chi connectivity index (χ0n) is 17.8. The Bertz CT molecular complexity index is 1360. The number of nitrogens with one attached hydrogen (secondary N) is 1. The Morgan fingerprint density at radius 2 is 2.03 bits per heavy atom. The maximum absolute atomic E-state index is 13.6. The summed E-state index contributed by atoms with van der Waals surface area (Å²) in [6.45, 7) is 1.40. The maximum Gasteiger partial charge on any atom is 0.229 e. The van der Waals surface area contributed by atoms with Gasteiger partial charge in [-0.3, -0.25) is 14.5 Å². The van der Waals surface area contributed by atoms with E-state index in [2.05, 4.69) is 15.4 Å². The van der Waals surface area contributed by atoms with Crippen molar-refractivity contribution >= 4 is 46.1 Å². The predicted molar refractivity (Wildman–Crippen MR) is 123 cm³/mol. The number of carbonyl (C=O) groups is 2. The molecular weight excluding hydrogens is 449 g/mol. The van der Waals surface area contributed by atoms with E-state index in [1.165, 1.54) is 37.3 Å². The standard InChI is InChI=1S/C23H19ClFN5O3/c1-14(31)30(19-8-11-29-18(7-10-27-29)23(19)33-2)20-13-16(6-9-26-20)28-21(32)12-15-4-3-5-17(25)22(15)24/h3-11,13H,12H2,1-2H3,(H,26,28,32). The van der Waals surface area contributed by atoms with Gasteiger partial charge in [-0.2, -0.15) is 5.10 Å². The number of amides is 2. The molecule has 0 aliphatic rings. The van der Waals surface area contributed by atoms with Crippen LogP contribution in [-0.4, -0.2) is 33.5 Å². The molecule has 8 nitrogen and oxygen atoms in total. The average molecular weight is 468 g/mol. The van der Waals surface area contributed by atoms with Crippen LogP contribution in [0.15, 0.2) is 61.1 Å². The van der Waals surface area contributed by atoms with Crippen LogP contribution in [0.5, 0.6) is 5.75 Å². The van der Waals surface area contributed by atoms with E-state index in [-0.39, 0.29) is 23.2 Å². The van der Waals surface area contributed by atoms with E-state index in [1.54, 1.807) is 47.2 Å². The highest BCUT2D eigenvalue weighted by atomic mass is 35.5. The first-order chi connectivity index (χ1) is 15.9. The molecule has 1 N–H and O–H groups in total. The van der Waals surface area contributed by atoms with Gasteiger partial charge >= 0.3 is 0 Å². The molecule has 3 aromatic heterocycles. The number of fused-ring (bicyclic) bond motifs is 1. The molecule has 2 amide bonds. The van der Waals surface area contributed by atoms with Gasteiger partial charge in [0.2, 0.25) is 11.8 Å². The van der Waals surface area contributed by atoms with Crippen molar-refractivity contribution in [2.24, 2.45) is 0 Å². The molecule has 0 saturated carbocycles. The topological polar surface area (TPSA) is 88.8 Å². The molecular formula is C23H19ClFN5O3. The first kappa shape index (κ1) is 22.2. The summed E-state index contributed by atoms with van der Waals surface area (Å²) in [5.74, 6) is -0.560. The number of anilines is 3. The normalized spacial score (nSPS) is 10.8. The molecule has 3 heterocycles. The lowest BCUT2D eigenvalue weighted by molar-refractivity contribution is -0.116. The minimum Gasteiger partial charge on any atom is -0.492 e. The van der Waals surface area contributed by atoms with Crippen molar-refractivity contribution in [2.75, 3.05) is 17.3 Å².